The number of hydrogen-bond acceptors (Lipinski definition) is 6. The molecule has 156 valence electrons. The number of anilines is 1. The van der Waals surface area contributed by atoms with Crippen LogP contribution in [0.2, 0.25) is 5.02 Å². The molecule has 2 N–H and O–H groups in total. The van der Waals surface area contributed by atoms with Crippen molar-refractivity contribution in [3.8, 4) is 5.75 Å². The Kier molecular flexibility index (Phi) is 5.87. The molecule has 0 bridgehead atoms. The molecule has 2 aromatic carbocycles. The van der Waals surface area contributed by atoms with Crippen molar-refractivity contribution in [2.45, 2.75) is 37.2 Å². The lowest BCUT2D eigenvalue weighted by Gasteiger charge is -2.33. The summed E-state index contributed by atoms with van der Waals surface area (Å²) in [5.74, 6) is 1.39. The molecule has 7 nitrogen and oxygen atoms in total. The van der Waals surface area contributed by atoms with Crippen molar-refractivity contribution >= 4 is 35.0 Å². The number of ether oxygens (including phenoxy) is 1. The first-order valence-electron chi connectivity index (χ1n) is 9.61. The van der Waals surface area contributed by atoms with E-state index in [9.17, 15) is 4.79 Å². The largest absolute Gasteiger partial charge is 0.494 e. The van der Waals surface area contributed by atoms with Crippen LogP contribution in [0, 0.1) is 13.8 Å². The zero-order valence-corrected chi connectivity index (χ0v) is 18.4. The highest BCUT2D eigenvalue weighted by atomic mass is 35.5. The highest BCUT2D eigenvalue weighted by Gasteiger charge is 2.37. The fourth-order valence-corrected chi connectivity index (χ4v) is 4.58. The van der Waals surface area contributed by atoms with Gasteiger partial charge in [-0.3, -0.25) is 4.79 Å². The number of aromatic nitrogens is 3. The number of fused-ring (bicyclic) bond motifs is 1. The van der Waals surface area contributed by atoms with Crippen LogP contribution in [0.15, 0.2) is 47.6 Å². The third-order valence-electron chi connectivity index (χ3n) is 4.86. The highest BCUT2D eigenvalue weighted by Crippen LogP contribution is 2.38. The predicted octanol–water partition coefficient (Wildman–Crippen LogP) is 4.34. The number of carbonyl (C=O) groups excluding carboxylic acids is 1. The molecule has 1 aromatic heterocycles. The van der Waals surface area contributed by atoms with Crippen molar-refractivity contribution in [3.05, 3.63) is 64.4 Å². The van der Waals surface area contributed by atoms with Crippen LogP contribution in [0.5, 0.6) is 5.75 Å². The minimum Gasteiger partial charge on any atom is -0.494 e. The average Bonchev–Trinajstić information content (AvgIpc) is 3.10. The van der Waals surface area contributed by atoms with Crippen molar-refractivity contribution in [1.29, 1.82) is 0 Å². The molecule has 30 heavy (non-hydrogen) atoms. The van der Waals surface area contributed by atoms with Crippen LogP contribution in [-0.4, -0.2) is 32.6 Å². The van der Waals surface area contributed by atoms with E-state index in [2.05, 4.69) is 20.9 Å². The van der Waals surface area contributed by atoms with Gasteiger partial charge in [-0.1, -0.05) is 41.6 Å². The first-order valence-corrected chi connectivity index (χ1v) is 10.9. The Morgan fingerprint density at radius 1 is 1.23 bits per heavy atom. The van der Waals surface area contributed by atoms with E-state index in [1.807, 2.05) is 55.8 Å². The summed E-state index contributed by atoms with van der Waals surface area (Å²) in [6.07, 6.45) is 0. The molecule has 2 atom stereocenters. The summed E-state index contributed by atoms with van der Waals surface area (Å²) in [6, 6.07) is 12.9. The van der Waals surface area contributed by atoms with Crippen molar-refractivity contribution < 1.29 is 9.53 Å². The molecule has 9 heteroatoms. The quantitative estimate of drug-likeness (QED) is 0.610. The summed E-state index contributed by atoms with van der Waals surface area (Å²) in [5.41, 5.74) is 6.00. The summed E-state index contributed by atoms with van der Waals surface area (Å²) in [7, 11) is 0. The monoisotopic (exact) mass is 443 g/mol. The molecule has 2 heterocycles. The number of carbonyl (C=O) groups is 1. The lowest BCUT2D eigenvalue weighted by atomic mass is 10.0. The normalized spacial score (nSPS) is 17.7. The lowest BCUT2D eigenvalue weighted by molar-refractivity contribution is -0.116. The van der Waals surface area contributed by atoms with Crippen LogP contribution in [0.4, 0.5) is 5.69 Å². The van der Waals surface area contributed by atoms with Crippen molar-refractivity contribution in [2.24, 2.45) is 0 Å². The fourth-order valence-electron chi connectivity index (χ4n) is 3.28. The molecule has 4 rings (SSSR count). The second-order valence-electron chi connectivity index (χ2n) is 6.96. The first kappa shape index (κ1) is 20.6. The van der Waals surface area contributed by atoms with Crippen LogP contribution < -0.4 is 15.5 Å². The minimum atomic E-state index is -0.461. The number of aryl methyl sites for hydroxylation is 2. The van der Waals surface area contributed by atoms with E-state index in [-0.39, 0.29) is 11.9 Å². The number of amides is 1. The van der Waals surface area contributed by atoms with Gasteiger partial charge in [-0.05, 0) is 56.2 Å². The molecule has 0 saturated heterocycles. The van der Waals surface area contributed by atoms with Crippen molar-refractivity contribution in [3.63, 3.8) is 0 Å². The standard InChI is InChI=1S/C21H22ClN5O2S/c1-4-29-16-9-6-14(7-10-16)18-19(30-21-25-24-13(3)27(21)26-18)20(28)23-17-11-15(22)8-5-12(17)2/h5-11,18-19,26H,4H2,1-3H3,(H,23,28)/t18-,19+/m0/s1. The predicted molar refractivity (Wildman–Crippen MR) is 119 cm³/mol. The first-order chi connectivity index (χ1) is 14.5. The van der Waals surface area contributed by atoms with E-state index in [0.29, 0.717) is 22.5 Å². The number of halogens is 1. The van der Waals surface area contributed by atoms with Gasteiger partial charge in [0.1, 0.15) is 16.8 Å². The fraction of sp³-hybridized carbons (Fsp3) is 0.286. The summed E-state index contributed by atoms with van der Waals surface area (Å²) in [4.78, 5) is 13.3. The molecular formula is C21H22ClN5O2S. The highest BCUT2D eigenvalue weighted by molar-refractivity contribution is 8.00. The summed E-state index contributed by atoms with van der Waals surface area (Å²) in [5, 5.41) is 12.1. The molecule has 1 aliphatic heterocycles. The van der Waals surface area contributed by atoms with Crippen LogP contribution in [0.3, 0.4) is 0 Å². The number of nitrogens with zero attached hydrogens (tertiary/aromatic N) is 3. The van der Waals surface area contributed by atoms with E-state index in [1.54, 1.807) is 12.1 Å². The van der Waals surface area contributed by atoms with Gasteiger partial charge in [0, 0.05) is 10.7 Å². The molecule has 0 unspecified atom stereocenters. The third-order valence-corrected chi connectivity index (χ3v) is 6.31. The molecule has 1 aliphatic rings. The van der Waals surface area contributed by atoms with Gasteiger partial charge in [-0.25, -0.2) is 4.68 Å². The van der Waals surface area contributed by atoms with Gasteiger partial charge in [-0.15, -0.1) is 10.2 Å². The number of thioether (sulfide) groups is 1. The average molecular weight is 444 g/mol. The van der Waals surface area contributed by atoms with E-state index in [4.69, 9.17) is 16.3 Å². The Hall–Kier alpha value is -2.71. The SMILES string of the molecule is CCOc1ccc([C@@H]2Nn3c(C)nnc3S[C@H]2C(=O)Nc2cc(Cl)ccc2C)cc1. The van der Waals surface area contributed by atoms with Gasteiger partial charge in [0.05, 0.1) is 12.6 Å². The number of rotatable bonds is 5. The Labute approximate surface area is 184 Å². The van der Waals surface area contributed by atoms with Crippen molar-refractivity contribution in [1.82, 2.24) is 14.9 Å². The van der Waals surface area contributed by atoms with E-state index >= 15 is 0 Å². The molecule has 0 radical (unpaired) electrons. The lowest BCUT2D eigenvalue weighted by Crippen LogP contribution is -2.41. The summed E-state index contributed by atoms with van der Waals surface area (Å²) >= 11 is 7.50. The molecular weight excluding hydrogens is 422 g/mol. The number of nitrogens with one attached hydrogen (secondary N) is 2. The van der Waals surface area contributed by atoms with Crippen LogP contribution in [0.25, 0.3) is 0 Å². The second kappa shape index (κ2) is 8.57. The maximum Gasteiger partial charge on any atom is 0.240 e. The summed E-state index contributed by atoms with van der Waals surface area (Å²) in [6.45, 7) is 6.35. The van der Waals surface area contributed by atoms with Gasteiger partial charge < -0.3 is 15.5 Å². The maximum atomic E-state index is 13.3. The van der Waals surface area contributed by atoms with Crippen LogP contribution in [0.1, 0.15) is 29.9 Å². The minimum absolute atomic E-state index is 0.136. The Balaban J connectivity index is 1.65. The van der Waals surface area contributed by atoms with Gasteiger partial charge in [0.25, 0.3) is 0 Å². The smallest absolute Gasteiger partial charge is 0.240 e. The molecule has 0 fully saturated rings. The molecule has 0 spiro atoms. The van der Waals surface area contributed by atoms with E-state index in [1.165, 1.54) is 11.8 Å². The third kappa shape index (κ3) is 4.11. The van der Waals surface area contributed by atoms with E-state index in [0.717, 1.165) is 22.7 Å². The topological polar surface area (TPSA) is 81.1 Å². The Morgan fingerprint density at radius 2 is 2.00 bits per heavy atom. The van der Waals surface area contributed by atoms with E-state index < -0.39 is 5.25 Å². The van der Waals surface area contributed by atoms with Crippen LogP contribution >= 0.6 is 23.4 Å². The van der Waals surface area contributed by atoms with Gasteiger partial charge >= 0.3 is 0 Å². The maximum absolute atomic E-state index is 13.3. The Bertz CT molecular complexity index is 1070. The molecule has 3 aromatic rings. The molecule has 0 saturated carbocycles. The van der Waals surface area contributed by atoms with Gasteiger partial charge in [-0.2, -0.15) is 0 Å². The Morgan fingerprint density at radius 3 is 2.73 bits per heavy atom. The van der Waals surface area contributed by atoms with Gasteiger partial charge in [0.2, 0.25) is 11.1 Å². The second-order valence-corrected chi connectivity index (χ2v) is 8.51. The molecule has 1 amide bonds. The van der Waals surface area contributed by atoms with Gasteiger partial charge in [0.15, 0.2) is 0 Å². The van der Waals surface area contributed by atoms with Crippen molar-refractivity contribution in [2.75, 3.05) is 17.3 Å². The molecule has 0 aliphatic carbocycles. The van der Waals surface area contributed by atoms with Crippen LogP contribution in [-0.2, 0) is 4.79 Å². The zero-order chi connectivity index (χ0) is 21.3. The zero-order valence-electron chi connectivity index (χ0n) is 16.8. The number of benzene rings is 2. The summed E-state index contributed by atoms with van der Waals surface area (Å²) < 4.78 is 7.37. The number of hydrogen-bond donors (Lipinski definition) is 2.